The maximum absolute atomic E-state index is 5.39. The van der Waals surface area contributed by atoms with Crippen LogP contribution >= 0.6 is 0 Å². The molecule has 0 amide bonds. The Balaban J connectivity index is 1.49. The number of para-hydroxylation sites is 3. The van der Waals surface area contributed by atoms with E-state index in [4.69, 9.17) is 9.97 Å². The van der Waals surface area contributed by atoms with Crippen LogP contribution in [-0.2, 0) is 0 Å². The number of fused-ring (bicyclic) bond motifs is 4. The largest absolute Gasteiger partial charge is 0.313 e. The summed E-state index contributed by atoms with van der Waals surface area (Å²) < 4.78 is 4.39. The Kier molecular flexibility index (Phi) is 5.10. The third kappa shape index (κ3) is 3.47. The summed E-state index contributed by atoms with van der Waals surface area (Å²) in [4.78, 5) is 10.6. The summed E-state index contributed by atoms with van der Waals surface area (Å²) in [6.07, 6.45) is 2.10. The average Bonchev–Trinajstić information content (AvgIpc) is 3.61. The fourth-order valence-electron chi connectivity index (χ4n) is 5.82. The highest BCUT2D eigenvalue weighted by atomic mass is 15.2. The Morgan fingerprint density at radius 1 is 0.475 bits per heavy atom. The Hall–Kier alpha value is -5.48. The van der Waals surface area contributed by atoms with E-state index in [0.717, 1.165) is 50.1 Å². The van der Waals surface area contributed by atoms with E-state index in [2.05, 4.69) is 149 Å². The molecule has 0 spiro atoms. The van der Waals surface area contributed by atoms with Crippen LogP contribution in [0.3, 0.4) is 0 Å². The van der Waals surface area contributed by atoms with Crippen LogP contribution in [0.25, 0.3) is 66.9 Å². The summed E-state index contributed by atoms with van der Waals surface area (Å²) >= 11 is 0. The van der Waals surface area contributed by atoms with E-state index in [1.165, 1.54) is 10.8 Å². The lowest BCUT2D eigenvalue weighted by Gasteiger charge is -2.15. The van der Waals surface area contributed by atoms with Gasteiger partial charge in [-0.3, -0.25) is 4.57 Å². The van der Waals surface area contributed by atoms with Gasteiger partial charge in [0.1, 0.15) is 5.69 Å². The van der Waals surface area contributed by atoms with Gasteiger partial charge in [-0.2, -0.15) is 0 Å². The molecule has 0 bridgehead atoms. The van der Waals surface area contributed by atoms with Gasteiger partial charge < -0.3 is 4.57 Å². The molecule has 0 aliphatic heterocycles. The summed E-state index contributed by atoms with van der Waals surface area (Å²) in [6.45, 7) is 0. The molecular formula is C36H24N4. The molecule has 0 fully saturated rings. The van der Waals surface area contributed by atoms with E-state index < -0.39 is 0 Å². The lowest BCUT2D eigenvalue weighted by Crippen LogP contribution is -2.05. The second kappa shape index (κ2) is 9.07. The highest BCUT2D eigenvalue weighted by molar-refractivity contribution is 6.09. The van der Waals surface area contributed by atoms with Crippen LogP contribution in [0.2, 0.25) is 0 Å². The fraction of sp³-hybridized carbons (Fsp3) is 0. The molecule has 0 aliphatic carbocycles. The predicted octanol–water partition coefficient (Wildman–Crippen LogP) is 8.85. The zero-order chi connectivity index (χ0) is 26.5. The first kappa shape index (κ1) is 22.5. The van der Waals surface area contributed by atoms with Gasteiger partial charge in [-0.25, -0.2) is 9.97 Å². The zero-order valence-corrected chi connectivity index (χ0v) is 21.6. The Labute approximate surface area is 231 Å². The molecule has 0 radical (unpaired) electrons. The molecule has 0 aliphatic rings. The van der Waals surface area contributed by atoms with Gasteiger partial charge in [0.25, 0.3) is 0 Å². The maximum Gasteiger partial charge on any atom is 0.235 e. The average molecular weight is 513 g/mol. The predicted molar refractivity (Wildman–Crippen MR) is 164 cm³/mol. The van der Waals surface area contributed by atoms with Crippen molar-refractivity contribution in [3.05, 3.63) is 146 Å². The minimum Gasteiger partial charge on any atom is -0.313 e. The van der Waals surface area contributed by atoms with Crippen molar-refractivity contribution in [1.29, 1.82) is 0 Å². The van der Waals surface area contributed by atoms with Gasteiger partial charge in [0, 0.05) is 28.2 Å². The molecule has 0 saturated carbocycles. The Bertz CT molecular complexity index is 2100. The van der Waals surface area contributed by atoms with Crippen molar-refractivity contribution in [3.8, 4) is 34.0 Å². The van der Waals surface area contributed by atoms with E-state index in [1.54, 1.807) is 0 Å². The van der Waals surface area contributed by atoms with Crippen molar-refractivity contribution in [3.63, 3.8) is 0 Å². The second-order valence-electron chi connectivity index (χ2n) is 9.91. The first-order valence-corrected chi connectivity index (χ1v) is 13.4. The SMILES string of the molecule is c1ccc(-c2ccccc2-c2nc(-n3c4ccccc4c4ccccc43)nc3ccn(-c4ccccc4)c23)cc1. The van der Waals surface area contributed by atoms with Crippen molar-refractivity contribution < 1.29 is 0 Å². The monoisotopic (exact) mass is 512 g/mol. The molecule has 0 atom stereocenters. The highest BCUT2D eigenvalue weighted by Crippen LogP contribution is 2.38. The van der Waals surface area contributed by atoms with Gasteiger partial charge in [-0.1, -0.05) is 109 Å². The van der Waals surface area contributed by atoms with Crippen molar-refractivity contribution >= 4 is 32.8 Å². The summed E-state index contributed by atoms with van der Waals surface area (Å²) in [5, 5.41) is 2.38. The first-order chi connectivity index (χ1) is 19.9. The Morgan fingerprint density at radius 3 is 1.75 bits per heavy atom. The molecule has 0 saturated heterocycles. The van der Waals surface area contributed by atoms with Crippen LogP contribution in [0, 0.1) is 0 Å². The van der Waals surface area contributed by atoms with Crippen LogP contribution in [0.4, 0.5) is 0 Å². The molecular weight excluding hydrogens is 488 g/mol. The Morgan fingerprint density at radius 2 is 1.05 bits per heavy atom. The molecule has 4 heteroatoms. The number of benzene rings is 5. The van der Waals surface area contributed by atoms with Gasteiger partial charge in [0.05, 0.1) is 22.1 Å². The van der Waals surface area contributed by atoms with Crippen LogP contribution < -0.4 is 0 Å². The molecule has 5 aromatic carbocycles. The van der Waals surface area contributed by atoms with Gasteiger partial charge in [0.2, 0.25) is 5.95 Å². The van der Waals surface area contributed by atoms with Crippen molar-refractivity contribution in [2.45, 2.75) is 0 Å². The molecule has 3 aromatic heterocycles. The van der Waals surface area contributed by atoms with Crippen LogP contribution in [-0.4, -0.2) is 19.1 Å². The molecule has 0 unspecified atom stereocenters. The summed E-state index contributed by atoms with van der Waals surface area (Å²) in [5.74, 6) is 0.661. The smallest absolute Gasteiger partial charge is 0.235 e. The van der Waals surface area contributed by atoms with Crippen LogP contribution in [0.15, 0.2) is 146 Å². The van der Waals surface area contributed by atoms with E-state index >= 15 is 0 Å². The minimum atomic E-state index is 0.661. The van der Waals surface area contributed by atoms with Crippen molar-refractivity contribution in [2.75, 3.05) is 0 Å². The summed E-state index contributed by atoms with van der Waals surface area (Å²) in [5.41, 5.74) is 9.39. The molecule has 188 valence electrons. The van der Waals surface area contributed by atoms with E-state index in [1.807, 2.05) is 6.07 Å². The summed E-state index contributed by atoms with van der Waals surface area (Å²) in [6, 6.07) is 48.5. The van der Waals surface area contributed by atoms with E-state index in [-0.39, 0.29) is 0 Å². The van der Waals surface area contributed by atoms with E-state index in [0.29, 0.717) is 5.95 Å². The topological polar surface area (TPSA) is 35.6 Å². The summed E-state index contributed by atoms with van der Waals surface area (Å²) in [7, 11) is 0. The van der Waals surface area contributed by atoms with Crippen LogP contribution in [0.5, 0.6) is 0 Å². The van der Waals surface area contributed by atoms with E-state index in [9.17, 15) is 0 Å². The molecule has 40 heavy (non-hydrogen) atoms. The maximum atomic E-state index is 5.39. The standard InChI is InChI=1S/C36H24N4/c1-3-13-25(14-4-1)27-17-7-8-20-30(27)34-35-31(23-24-39(35)26-15-5-2-6-16-26)37-36(38-34)40-32-21-11-9-18-28(32)29-19-10-12-22-33(29)40/h1-24H. The third-order valence-corrected chi connectivity index (χ3v) is 7.60. The molecule has 4 nitrogen and oxygen atoms in total. The van der Waals surface area contributed by atoms with Gasteiger partial charge in [-0.15, -0.1) is 0 Å². The van der Waals surface area contributed by atoms with Gasteiger partial charge >= 0.3 is 0 Å². The number of hydrogen-bond acceptors (Lipinski definition) is 2. The number of nitrogens with zero attached hydrogens (tertiary/aromatic N) is 4. The number of rotatable bonds is 4. The van der Waals surface area contributed by atoms with Gasteiger partial charge in [-0.05, 0) is 41.5 Å². The molecule has 8 rings (SSSR count). The van der Waals surface area contributed by atoms with Crippen molar-refractivity contribution in [2.24, 2.45) is 0 Å². The lowest BCUT2D eigenvalue weighted by molar-refractivity contribution is 1.01. The zero-order valence-electron chi connectivity index (χ0n) is 21.6. The molecule has 0 N–H and O–H groups in total. The molecule has 3 heterocycles. The van der Waals surface area contributed by atoms with Crippen LogP contribution in [0.1, 0.15) is 0 Å². The third-order valence-electron chi connectivity index (χ3n) is 7.60. The van der Waals surface area contributed by atoms with Gasteiger partial charge in [0.15, 0.2) is 0 Å². The first-order valence-electron chi connectivity index (χ1n) is 13.4. The normalized spacial score (nSPS) is 11.5. The minimum absolute atomic E-state index is 0.661. The quantitative estimate of drug-likeness (QED) is 0.236. The number of aromatic nitrogens is 4. The second-order valence-corrected chi connectivity index (χ2v) is 9.91. The fourth-order valence-corrected chi connectivity index (χ4v) is 5.82. The lowest BCUT2D eigenvalue weighted by atomic mass is 9.97. The highest BCUT2D eigenvalue weighted by Gasteiger charge is 2.21. The number of hydrogen-bond donors (Lipinski definition) is 0. The molecule has 8 aromatic rings. The van der Waals surface area contributed by atoms with Crippen molar-refractivity contribution in [1.82, 2.24) is 19.1 Å².